The number of carbonyl (C=O) groups is 1. The van der Waals surface area contributed by atoms with E-state index in [2.05, 4.69) is 25.7 Å². The number of benzene rings is 2. The maximum absolute atomic E-state index is 14.7. The minimum Gasteiger partial charge on any atom is -0.432 e. The second-order valence-corrected chi connectivity index (χ2v) is 9.19. The molecule has 1 amide bonds. The molecule has 0 aromatic heterocycles. The second-order valence-electron chi connectivity index (χ2n) is 8.38. The third kappa shape index (κ3) is 7.75. The van der Waals surface area contributed by atoms with Crippen LogP contribution < -0.4 is 20.7 Å². The molecule has 2 aromatic carbocycles. The van der Waals surface area contributed by atoms with E-state index in [4.69, 9.17) is 28.6 Å². The summed E-state index contributed by atoms with van der Waals surface area (Å²) in [6.45, 7) is -0.738. The molecule has 0 spiro atoms. The number of aliphatic imine (C=N–C) groups is 1. The molecular weight excluding hydrogens is 558 g/mol. The molecule has 9 nitrogen and oxygen atoms in total. The van der Waals surface area contributed by atoms with Gasteiger partial charge in [-0.15, -0.1) is 0 Å². The van der Waals surface area contributed by atoms with Gasteiger partial charge in [-0.3, -0.25) is 10.1 Å². The van der Waals surface area contributed by atoms with E-state index in [1.807, 2.05) is 0 Å². The lowest BCUT2D eigenvalue weighted by Gasteiger charge is -2.32. The highest BCUT2D eigenvalue weighted by molar-refractivity contribution is 6.42. The minimum absolute atomic E-state index is 0.0142. The van der Waals surface area contributed by atoms with Crippen LogP contribution in [0.25, 0.3) is 0 Å². The summed E-state index contributed by atoms with van der Waals surface area (Å²) < 4.78 is 44.1. The van der Waals surface area contributed by atoms with E-state index in [0.717, 1.165) is 12.5 Å². The van der Waals surface area contributed by atoms with Crippen LogP contribution in [0.4, 0.5) is 18.9 Å². The van der Waals surface area contributed by atoms with Crippen LogP contribution in [0.3, 0.4) is 0 Å². The first-order valence-electron chi connectivity index (χ1n) is 11.9. The van der Waals surface area contributed by atoms with E-state index in [9.17, 15) is 23.2 Å². The van der Waals surface area contributed by atoms with Gasteiger partial charge in [-0.1, -0.05) is 35.3 Å². The van der Waals surface area contributed by atoms with Crippen molar-refractivity contribution in [1.29, 1.82) is 10.7 Å². The predicted octanol–water partition coefficient (Wildman–Crippen LogP) is 4.61. The van der Waals surface area contributed by atoms with Crippen LogP contribution in [0.15, 0.2) is 41.4 Å². The summed E-state index contributed by atoms with van der Waals surface area (Å²) in [5.74, 6) is -2.27. The van der Waals surface area contributed by atoms with Crippen molar-refractivity contribution in [1.82, 2.24) is 15.5 Å². The highest BCUT2D eigenvalue weighted by Gasteiger charge is 2.33. The van der Waals surface area contributed by atoms with Gasteiger partial charge in [-0.25, -0.2) is 9.38 Å². The highest BCUT2D eigenvalue weighted by Crippen LogP contribution is 2.26. The van der Waals surface area contributed by atoms with Crippen molar-refractivity contribution in [3.05, 3.63) is 57.8 Å². The number of hydrogen-bond donors (Lipinski definition) is 4. The molecular formula is C25H26Cl2F3N7O2. The fourth-order valence-corrected chi connectivity index (χ4v) is 4.39. The van der Waals surface area contributed by atoms with Gasteiger partial charge in [0.25, 0.3) is 0 Å². The quantitative estimate of drug-likeness (QED) is 0.140. The number of hydrogen-bond acceptors (Lipinski definition) is 6. The number of likely N-dealkylation sites (N-methyl/N-ethyl adjacent to an activating group) is 1. The van der Waals surface area contributed by atoms with E-state index >= 15 is 0 Å². The second kappa shape index (κ2) is 14.0. The van der Waals surface area contributed by atoms with E-state index in [-0.39, 0.29) is 41.4 Å². The number of alkyl halides is 2. The smallest absolute Gasteiger partial charge is 0.387 e. The Balaban J connectivity index is 1.95. The molecule has 0 radical (unpaired) electrons. The van der Waals surface area contributed by atoms with E-state index in [1.165, 1.54) is 29.2 Å². The fraction of sp³-hybridized carbons (Fsp3) is 0.360. The number of amides is 1. The lowest BCUT2D eigenvalue weighted by molar-refractivity contribution is -0.133. The van der Waals surface area contributed by atoms with Crippen LogP contribution in [-0.4, -0.2) is 60.8 Å². The number of nitrogens with zero attached hydrogens (tertiary/aromatic N) is 3. The zero-order valence-electron chi connectivity index (χ0n) is 20.8. The van der Waals surface area contributed by atoms with Gasteiger partial charge in [0.1, 0.15) is 0 Å². The summed E-state index contributed by atoms with van der Waals surface area (Å²) in [5, 5.41) is 26.6. The van der Waals surface area contributed by atoms with Crippen molar-refractivity contribution in [3.63, 3.8) is 0 Å². The zero-order valence-corrected chi connectivity index (χ0v) is 22.3. The molecule has 1 unspecified atom stereocenters. The van der Waals surface area contributed by atoms with Crippen molar-refractivity contribution in [3.8, 4) is 11.9 Å². The van der Waals surface area contributed by atoms with Crippen molar-refractivity contribution in [2.75, 3.05) is 25.0 Å². The largest absolute Gasteiger partial charge is 0.432 e. The topological polar surface area (TPSA) is 126 Å². The molecule has 2 atom stereocenters. The Labute approximate surface area is 233 Å². The third-order valence-corrected chi connectivity index (χ3v) is 6.69. The first-order chi connectivity index (χ1) is 18.7. The molecule has 1 aliphatic rings. The van der Waals surface area contributed by atoms with Crippen LogP contribution in [0.2, 0.25) is 10.0 Å². The number of nitrogens with one attached hydrogen (secondary N) is 4. The lowest BCUT2D eigenvalue weighted by Crippen LogP contribution is -2.52. The molecule has 39 heavy (non-hydrogen) atoms. The summed E-state index contributed by atoms with van der Waals surface area (Å²) in [5.41, 5.74) is 0.130. The number of halogens is 5. The molecule has 3 rings (SSSR count). The number of carbonyl (C=O) groups excluding carboxylic acids is 1. The van der Waals surface area contributed by atoms with Gasteiger partial charge in [0.15, 0.2) is 17.8 Å². The maximum atomic E-state index is 14.7. The average Bonchev–Trinajstić information content (AvgIpc) is 3.44. The van der Waals surface area contributed by atoms with Crippen LogP contribution in [0.5, 0.6) is 5.75 Å². The lowest BCUT2D eigenvalue weighted by atomic mass is 10.0. The Hall–Kier alpha value is -3.53. The van der Waals surface area contributed by atoms with Gasteiger partial charge >= 0.3 is 6.61 Å². The summed E-state index contributed by atoms with van der Waals surface area (Å²) in [4.78, 5) is 19.2. The Morgan fingerprint density at radius 1 is 1.33 bits per heavy atom. The van der Waals surface area contributed by atoms with Gasteiger partial charge in [0, 0.05) is 6.54 Å². The molecule has 1 fully saturated rings. The van der Waals surface area contributed by atoms with Gasteiger partial charge in [-0.05, 0) is 56.1 Å². The van der Waals surface area contributed by atoms with Gasteiger partial charge < -0.3 is 25.7 Å². The van der Waals surface area contributed by atoms with Crippen LogP contribution in [0.1, 0.15) is 25.3 Å². The van der Waals surface area contributed by atoms with Crippen LogP contribution in [0, 0.1) is 22.7 Å². The minimum atomic E-state index is -3.24. The van der Waals surface area contributed by atoms with Crippen molar-refractivity contribution in [2.45, 2.75) is 38.5 Å². The zero-order chi connectivity index (χ0) is 28.5. The molecule has 208 valence electrons. The van der Waals surface area contributed by atoms with Gasteiger partial charge in [0.2, 0.25) is 11.9 Å². The van der Waals surface area contributed by atoms with Crippen molar-refractivity contribution < 1.29 is 22.7 Å². The summed E-state index contributed by atoms with van der Waals surface area (Å²) in [6.07, 6.45) is 3.15. The highest BCUT2D eigenvalue weighted by atomic mass is 35.5. The molecule has 14 heteroatoms. The molecule has 0 saturated carbocycles. The molecule has 1 aliphatic heterocycles. The van der Waals surface area contributed by atoms with Gasteiger partial charge in [-0.2, -0.15) is 14.0 Å². The van der Waals surface area contributed by atoms with Gasteiger partial charge in [0.05, 0.1) is 40.1 Å². The van der Waals surface area contributed by atoms with E-state index in [1.54, 1.807) is 19.2 Å². The summed E-state index contributed by atoms with van der Waals surface area (Å²) >= 11 is 12.2. The summed E-state index contributed by atoms with van der Waals surface area (Å²) in [7, 11) is 0. The van der Waals surface area contributed by atoms with Crippen molar-refractivity contribution in [2.24, 2.45) is 4.99 Å². The number of guanidine groups is 1. The average molecular weight is 584 g/mol. The summed E-state index contributed by atoms with van der Waals surface area (Å²) in [6, 6.07) is 6.86. The molecule has 1 saturated heterocycles. The van der Waals surface area contributed by atoms with Crippen LogP contribution >= 0.6 is 23.2 Å². The monoisotopic (exact) mass is 583 g/mol. The first kappa shape index (κ1) is 30.0. The number of rotatable bonds is 10. The first-order valence-corrected chi connectivity index (χ1v) is 12.7. The van der Waals surface area contributed by atoms with E-state index in [0.29, 0.717) is 23.6 Å². The molecule has 0 aliphatic carbocycles. The normalized spacial score (nSPS) is 15.9. The maximum Gasteiger partial charge on any atom is 0.387 e. The Bertz CT molecular complexity index is 1270. The predicted molar refractivity (Wildman–Crippen MR) is 143 cm³/mol. The van der Waals surface area contributed by atoms with E-state index < -0.39 is 30.3 Å². The standard InChI is InChI=1S/C25H26Cl2F3N7O2/c1-2-37(23(38)18-6-4-10-33-18)19(22(32)14-8-9-15(26)16(27)11-14)12-34-25(35-13-31)36-17-5-3-7-20(21(17)28)39-24(29)30/h3,5,7-9,11,18-19,24,32-33H,2,4,6,10,12H2,1H3,(H2,34,35,36)/t18-,19?/m1/s1. The molecule has 0 bridgehead atoms. The molecule has 2 aromatic rings. The number of ether oxygens (including phenoxy) is 1. The Morgan fingerprint density at radius 2 is 2.10 bits per heavy atom. The Morgan fingerprint density at radius 3 is 2.72 bits per heavy atom. The third-order valence-electron chi connectivity index (χ3n) is 5.95. The number of anilines is 1. The molecule has 1 heterocycles. The molecule has 4 N–H and O–H groups in total. The Kier molecular flexibility index (Phi) is 10.8. The SMILES string of the molecule is CCN(C(=O)[C@H]1CCCN1)C(CN=C(NC#N)Nc1cccc(OC(F)F)c1F)C(=N)c1ccc(Cl)c(Cl)c1. The number of nitriles is 1. The van der Waals surface area contributed by atoms with Crippen LogP contribution in [-0.2, 0) is 4.79 Å². The fourth-order valence-electron chi connectivity index (χ4n) is 4.09. The van der Waals surface area contributed by atoms with Crippen molar-refractivity contribution >= 4 is 46.5 Å².